The molecular formula is C11H14N4O2. The van der Waals surface area contributed by atoms with Gasteiger partial charge in [-0.2, -0.15) is 5.26 Å². The van der Waals surface area contributed by atoms with Crippen molar-refractivity contribution in [2.45, 2.75) is 25.7 Å². The third-order valence-corrected chi connectivity index (χ3v) is 2.37. The Bertz CT molecular complexity index is 441. The van der Waals surface area contributed by atoms with Gasteiger partial charge in [-0.3, -0.25) is 0 Å². The predicted octanol–water partition coefficient (Wildman–Crippen LogP) is 0.912. The molecule has 1 N–H and O–H groups in total. The number of aromatic nitrogens is 2. The van der Waals surface area contributed by atoms with Gasteiger partial charge in [-0.15, -0.1) is 0 Å². The standard InChI is InChI=1S/C11H14N4O2/c1-11(2)16-7-8(17-11)6-15-10-9(5-12)13-3-4-14-10/h3-4,8H,6-7H2,1-2H3,(H,14,15). The molecular weight excluding hydrogens is 220 g/mol. The molecule has 0 saturated carbocycles. The molecule has 0 aliphatic carbocycles. The van der Waals surface area contributed by atoms with Gasteiger partial charge in [0.2, 0.25) is 0 Å². The number of nitrogens with one attached hydrogen (secondary N) is 1. The van der Waals surface area contributed by atoms with Gasteiger partial charge < -0.3 is 14.8 Å². The second-order valence-electron chi connectivity index (χ2n) is 4.20. The summed E-state index contributed by atoms with van der Waals surface area (Å²) in [6, 6.07) is 1.98. The maximum atomic E-state index is 8.85. The third-order valence-electron chi connectivity index (χ3n) is 2.37. The normalized spacial score (nSPS) is 22.1. The molecule has 0 radical (unpaired) electrons. The molecule has 6 heteroatoms. The van der Waals surface area contributed by atoms with Crippen LogP contribution in [0.2, 0.25) is 0 Å². The highest BCUT2D eigenvalue weighted by atomic mass is 16.7. The van der Waals surface area contributed by atoms with Gasteiger partial charge >= 0.3 is 0 Å². The number of anilines is 1. The van der Waals surface area contributed by atoms with E-state index in [2.05, 4.69) is 15.3 Å². The van der Waals surface area contributed by atoms with Crippen molar-refractivity contribution in [3.63, 3.8) is 0 Å². The number of nitrogens with zero attached hydrogens (tertiary/aromatic N) is 3. The molecule has 1 saturated heterocycles. The lowest BCUT2D eigenvalue weighted by molar-refractivity contribution is -0.136. The molecule has 1 aromatic heterocycles. The van der Waals surface area contributed by atoms with E-state index in [1.807, 2.05) is 19.9 Å². The third kappa shape index (κ3) is 2.90. The molecule has 0 bridgehead atoms. The number of rotatable bonds is 3. The van der Waals surface area contributed by atoms with Crippen molar-refractivity contribution in [1.82, 2.24) is 9.97 Å². The average molecular weight is 234 g/mol. The SMILES string of the molecule is CC1(C)OCC(CNc2nccnc2C#N)O1. The van der Waals surface area contributed by atoms with E-state index in [-0.39, 0.29) is 11.8 Å². The van der Waals surface area contributed by atoms with Gasteiger partial charge in [-0.25, -0.2) is 9.97 Å². The summed E-state index contributed by atoms with van der Waals surface area (Å²) < 4.78 is 11.1. The minimum Gasteiger partial charge on any atom is -0.365 e. The minimum absolute atomic E-state index is 0.0430. The van der Waals surface area contributed by atoms with Crippen molar-refractivity contribution in [3.8, 4) is 6.07 Å². The summed E-state index contributed by atoms with van der Waals surface area (Å²) in [7, 11) is 0. The fraction of sp³-hybridized carbons (Fsp3) is 0.545. The lowest BCUT2D eigenvalue weighted by Crippen LogP contribution is -2.26. The van der Waals surface area contributed by atoms with Crippen molar-refractivity contribution < 1.29 is 9.47 Å². The average Bonchev–Trinajstić information content (AvgIpc) is 2.67. The van der Waals surface area contributed by atoms with E-state index in [9.17, 15) is 0 Å². The van der Waals surface area contributed by atoms with Gasteiger partial charge in [0.25, 0.3) is 0 Å². The molecule has 1 aromatic rings. The van der Waals surface area contributed by atoms with Crippen LogP contribution in [-0.4, -0.2) is 35.0 Å². The van der Waals surface area contributed by atoms with Gasteiger partial charge in [-0.1, -0.05) is 0 Å². The Kier molecular flexibility index (Phi) is 3.22. The van der Waals surface area contributed by atoms with Crippen LogP contribution in [-0.2, 0) is 9.47 Å². The van der Waals surface area contributed by atoms with Gasteiger partial charge in [0, 0.05) is 18.9 Å². The van der Waals surface area contributed by atoms with Crippen molar-refractivity contribution in [3.05, 3.63) is 18.1 Å². The lowest BCUT2D eigenvalue weighted by atomic mass is 10.3. The van der Waals surface area contributed by atoms with Crippen molar-refractivity contribution in [1.29, 1.82) is 5.26 Å². The van der Waals surface area contributed by atoms with Gasteiger partial charge in [0.1, 0.15) is 12.2 Å². The second-order valence-corrected chi connectivity index (χ2v) is 4.20. The van der Waals surface area contributed by atoms with Crippen LogP contribution in [0.4, 0.5) is 5.82 Å². The molecule has 1 aliphatic rings. The first-order chi connectivity index (χ1) is 8.11. The smallest absolute Gasteiger partial charge is 0.182 e. The summed E-state index contributed by atoms with van der Waals surface area (Å²) in [4.78, 5) is 7.97. The fourth-order valence-electron chi connectivity index (χ4n) is 1.62. The van der Waals surface area contributed by atoms with E-state index < -0.39 is 5.79 Å². The monoisotopic (exact) mass is 234 g/mol. The summed E-state index contributed by atoms with van der Waals surface area (Å²) in [6.45, 7) is 4.81. The lowest BCUT2D eigenvalue weighted by Gasteiger charge is -2.17. The van der Waals surface area contributed by atoms with E-state index in [1.54, 1.807) is 6.20 Å². The molecule has 0 aromatic carbocycles. The second kappa shape index (κ2) is 4.65. The van der Waals surface area contributed by atoms with E-state index >= 15 is 0 Å². The summed E-state index contributed by atoms with van der Waals surface area (Å²) in [6.07, 6.45) is 2.99. The van der Waals surface area contributed by atoms with Crippen molar-refractivity contribution in [2.75, 3.05) is 18.5 Å². The van der Waals surface area contributed by atoms with Crippen molar-refractivity contribution in [2.24, 2.45) is 0 Å². The molecule has 1 unspecified atom stereocenters. The first-order valence-electron chi connectivity index (χ1n) is 5.37. The first-order valence-corrected chi connectivity index (χ1v) is 5.37. The van der Waals surface area contributed by atoms with Gasteiger partial charge in [0.15, 0.2) is 17.3 Å². The molecule has 6 nitrogen and oxygen atoms in total. The molecule has 1 aliphatic heterocycles. The van der Waals surface area contributed by atoms with Crippen LogP contribution in [0.15, 0.2) is 12.4 Å². The molecule has 17 heavy (non-hydrogen) atoms. The highest BCUT2D eigenvalue weighted by Crippen LogP contribution is 2.22. The Morgan fingerprint density at radius 1 is 1.53 bits per heavy atom. The zero-order valence-corrected chi connectivity index (χ0v) is 9.80. The van der Waals surface area contributed by atoms with E-state index in [0.717, 1.165) is 0 Å². The Balaban J connectivity index is 1.93. The van der Waals surface area contributed by atoms with Crippen LogP contribution in [0.1, 0.15) is 19.5 Å². The van der Waals surface area contributed by atoms with Gasteiger partial charge in [-0.05, 0) is 13.8 Å². The topological polar surface area (TPSA) is 80.1 Å². The number of hydrogen-bond donors (Lipinski definition) is 1. The highest BCUT2D eigenvalue weighted by Gasteiger charge is 2.32. The number of hydrogen-bond acceptors (Lipinski definition) is 6. The maximum absolute atomic E-state index is 8.85. The highest BCUT2D eigenvalue weighted by molar-refractivity contribution is 5.46. The largest absolute Gasteiger partial charge is 0.365 e. The molecule has 90 valence electrons. The van der Waals surface area contributed by atoms with E-state index in [0.29, 0.717) is 19.0 Å². The summed E-state index contributed by atoms with van der Waals surface area (Å²) >= 11 is 0. The number of nitriles is 1. The minimum atomic E-state index is -0.535. The van der Waals surface area contributed by atoms with Crippen LogP contribution >= 0.6 is 0 Å². The molecule has 2 rings (SSSR count). The molecule has 0 spiro atoms. The summed E-state index contributed by atoms with van der Waals surface area (Å²) in [5, 5.41) is 11.9. The Morgan fingerprint density at radius 3 is 2.94 bits per heavy atom. The summed E-state index contributed by atoms with van der Waals surface area (Å²) in [5.74, 6) is -0.0597. The van der Waals surface area contributed by atoms with E-state index in [1.165, 1.54) is 6.20 Å². The zero-order chi connectivity index (χ0) is 12.3. The Labute approximate surface area is 99.6 Å². The molecule has 2 heterocycles. The van der Waals surface area contributed by atoms with Gasteiger partial charge in [0.05, 0.1) is 6.61 Å². The Hall–Kier alpha value is -1.71. The molecule has 1 fully saturated rings. The molecule has 1 atom stereocenters. The quantitative estimate of drug-likeness (QED) is 0.837. The van der Waals surface area contributed by atoms with Crippen LogP contribution in [0.3, 0.4) is 0 Å². The Morgan fingerprint density at radius 2 is 2.29 bits per heavy atom. The summed E-state index contributed by atoms with van der Waals surface area (Å²) in [5.41, 5.74) is 0.283. The molecule has 0 amide bonds. The van der Waals surface area contributed by atoms with E-state index in [4.69, 9.17) is 14.7 Å². The predicted molar refractivity (Wildman–Crippen MR) is 60.1 cm³/mol. The fourth-order valence-corrected chi connectivity index (χ4v) is 1.62. The van der Waals surface area contributed by atoms with Crippen LogP contribution < -0.4 is 5.32 Å². The first kappa shape index (κ1) is 11.8. The zero-order valence-electron chi connectivity index (χ0n) is 9.80. The maximum Gasteiger partial charge on any atom is 0.182 e. The number of ether oxygens (including phenoxy) is 2. The van der Waals surface area contributed by atoms with Crippen LogP contribution in [0.5, 0.6) is 0 Å². The van der Waals surface area contributed by atoms with Crippen LogP contribution in [0.25, 0.3) is 0 Å². The van der Waals surface area contributed by atoms with Crippen LogP contribution in [0, 0.1) is 11.3 Å². The van der Waals surface area contributed by atoms with Crippen molar-refractivity contribution >= 4 is 5.82 Å².